The fraction of sp³-hybridized carbons (Fsp3) is 0.875. The van der Waals surface area contributed by atoms with Gasteiger partial charge in [-0.1, -0.05) is 0 Å². The van der Waals surface area contributed by atoms with E-state index >= 15 is 0 Å². The molecule has 64 valence electrons. The maximum atomic E-state index is 11.0. The number of carbonyl (C=O) groups is 1. The summed E-state index contributed by atoms with van der Waals surface area (Å²) in [6.45, 7) is 1.64. The fourth-order valence-corrected chi connectivity index (χ4v) is 1.57. The van der Waals surface area contributed by atoms with Gasteiger partial charge in [0.05, 0.1) is 0 Å². The zero-order valence-corrected chi connectivity index (χ0v) is 7.05. The number of hydrogen-bond donors (Lipinski definition) is 1. The molecule has 1 fully saturated rings. The zero-order valence-electron chi connectivity index (χ0n) is 7.05. The third-order valence-corrected chi connectivity index (χ3v) is 2.30. The summed E-state index contributed by atoms with van der Waals surface area (Å²) in [6, 6.07) is 0. The van der Waals surface area contributed by atoms with Gasteiger partial charge >= 0.3 is 0 Å². The van der Waals surface area contributed by atoms with Gasteiger partial charge in [0, 0.05) is 20.0 Å². The van der Waals surface area contributed by atoms with Crippen LogP contribution in [0.25, 0.3) is 0 Å². The van der Waals surface area contributed by atoms with Crippen LogP contribution in [0.15, 0.2) is 0 Å². The number of piperidine rings is 1. The Kier molecular flexibility index (Phi) is 2.88. The predicted molar refractivity (Wildman–Crippen MR) is 44.0 cm³/mol. The van der Waals surface area contributed by atoms with Gasteiger partial charge in [-0.15, -0.1) is 0 Å². The number of likely N-dealkylation sites (tertiary alicyclic amines) is 1. The first-order valence-corrected chi connectivity index (χ1v) is 4.18. The second-order valence-electron chi connectivity index (χ2n) is 3.26. The van der Waals surface area contributed by atoms with Crippen molar-refractivity contribution in [3.05, 3.63) is 0 Å². The molecule has 0 saturated carbocycles. The minimum atomic E-state index is 0.276. The number of amides is 1. The lowest BCUT2D eigenvalue weighted by molar-refractivity contribution is -0.133. The molecule has 0 spiro atoms. The Bertz CT molecular complexity index is 147. The first kappa shape index (κ1) is 8.53. The molecule has 3 nitrogen and oxygen atoms in total. The molecule has 1 rings (SSSR count). The first-order valence-electron chi connectivity index (χ1n) is 4.18. The molecule has 3 heteroatoms. The number of rotatable bonds is 2. The number of nitrogens with zero attached hydrogens (tertiary/aromatic N) is 1. The molecule has 0 bridgehead atoms. The van der Waals surface area contributed by atoms with Gasteiger partial charge in [0.15, 0.2) is 0 Å². The van der Waals surface area contributed by atoms with Crippen LogP contribution in [0.1, 0.15) is 19.3 Å². The van der Waals surface area contributed by atoms with Crippen molar-refractivity contribution < 1.29 is 4.79 Å². The van der Waals surface area contributed by atoms with Crippen molar-refractivity contribution in [1.82, 2.24) is 4.90 Å². The minimum Gasteiger partial charge on any atom is -0.345 e. The van der Waals surface area contributed by atoms with Gasteiger partial charge in [-0.05, 0) is 25.3 Å². The van der Waals surface area contributed by atoms with Crippen LogP contribution < -0.4 is 5.73 Å². The number of nitrogens with two attached hydrogens (primary N) is 1. The lowest BCUT2D eigenvalue weighted by Gasteiger charge is -2.29. The van der Waals surface area contributed by atoms with E-state index in [9.17, 15) is 4.79 Å². The monoisotopic (exact) mass is 156 g/mol. The van der Waals surface area contributed by atoms with Crippen molar-refractivity contribution in [3.63, 3.8) is 0 Å². The standard InChI is InChI=1S/C8H16N2O/c1-10-6-7(4-5-9)2-3-8(10)11/h7H,2-6,9H2,1H3. The van der Waals surface area contributed by atoms with Crippen LogP contribution in [0.4, 0.5) is 0 Å². The molecule has 1 aliphatic heterocycles. The van der Waals surface area contributed by atoms with E-state index in [0.717, 1.165) is 25.9 Å². The van der Waals surface area contributed by atoms with Gasteiger partial charge in [-0.2, -0.15) is 0 Å². The molecule has 2 N–H and O–H groups in total. The van der Waals surface area contributed by atoms with Crippen LogP contribution in [-0.4, -0.2) is 30.9 Å². The Labute approximate surface area is 67.5 Å². The zero-order chi connectivity index (χ0) is 8.27. The van der Waals surface area contributed by atoms with E-state index < -0.39 is 0 Å². The third kappa shape index (κ3) is 2.19. The molecule has 1 atom stereocenters. The van der Waals surface area contributed by atoms with Crippen molar-refractivity contribution in [2.75, 3.05) is 20.1 Å². The van der Waals surface area contributed by atoms with Gasteiger partial charge in [0.25, 0.3) is 0 Å². The van der Waals surface area contributed by atoms with E-state index in [0.29, 0.717) is 12.3 Å². The summed E-state index contributed by atoms with van der Waals surface area (Å²) in [4.78, 5) is 12.8. The normalized spacial score (nSPS) is 25.8. The molecule has 1 heterocycles. The summed E-state index contributed by atoms with van der Waals surface area (Å²) in [5, 5.41) is 0. The minimum absolute atomic E-state index is 0.276. The number of carbonyl (C=O) groups excluding carboxylic acids is 1. The average molecular weight is 156 g/mol. The summed E-state index contributed by atoms with van der Waals surface area (Å²) in [5.41, 5.74) is 5.44. The first-order chi connectivity index (χ1) is 5.24. The Morgan fingerprint density at radius 3 is 3.00 bits per heavy atom. The van der Waals surface area contributed by atoms with E-state index in [1.807, 2.05) is 11.9 Å². The lowest BCUT2D eigenvalue weighted by atomic mass is 9.95. The van der Waals surface area contributed by atoms with E-state index in [-0.39, 0.29) is 5.91 Å². The molecular weight excluding hydrogens is 140 g/mol. The van der Waals surface area contributed by atoms with Crippen molar-refractivity contribution in [1.29, 1.82) is 0 Å². The molecule has 1 unspecified atom stereocenters. The van der Waals surface area contributed by atoms with Crippen molar-refractivity contribution in [3.8, 4) is 0 Å². The largest absolute Gasteiger partial charge is 0.345 e. The van der Waals surface area contributed by atoms with Gasteiger partial charge in [0.1, 0.15) is 0 Å². The lowest BCUT2D eigenvalue weighted by Crippen LogP contribution is -2.37. The smallest absolute Gasteiger partial charge is 0.222 e. The van der Waals surface area contributed by atoms with Gasteiger partial charge in [0.2, 0.25) is 5.91 Å². The quantitative estimate of drug-likeness (QED) is 0.621. The van der Waals surface area contributed by atoms with Gasteiger partial charge in [-0.25, -0.2) is 0 Å². The molecule has 0 aromatic rings. The van der Waals surface area contributed by atoms with Crippen LogP contribution in [0.2, 0.25) is 0 Å². The number of hydrogen-bond acceptors (Lipinski definition) is 2. The SMILES string of the molecule is CN1CC(CCN)CCC1=O. The van der Waals surface area contributed by atoms with Gasteiger partial charge in [-0.3, -0.25) is 4.79 Å². The molecular formula is C8H16N2O. The van der Waals surface area contributed by atoms with Crippen molar-refractivity contribution >= 4 is 5.91 Å². The highest BCUT2D eigenvalue weighted by atomic mass is 16.2. The second kappa shape index (κ2) is 3.72. The van der Waals surface area contributed by atoms with Crippen LogP contribution in [-0.2, 0) is 4.79 Å². The maximum Gasteiger partial charge on any atom is 0.222 e. The summed E-state index contributed by atoms with van der Waals surface area (Å²) < 4.78 is 0. The second-order valence-corrected chi connectivity index (χ2v) is 3.26. The van der Waals surface area contributed by atoms with Crippen LogP contribution >= 0.6 is 0 Å². The highest BCUT2D eigenvalue weighted by Gasteiger charge is 2.21. The van der Waals surface area contributed by atoms with E-state index in [4.69, 9.17) is 5.73 Å². The molecule has 0 radical (unpaired) electrons. The average Bonchev–Trinajstić information content (AvgIpc) is 1.98. The highest BCUT2D eigenvalue weighted by Crippen LogP contribution is 2.18. The molecule has 1 amide bonds. The van der Waals surface area contributed by atoms with Crippen LogP contribution in [0.3, 0.4) is 0 Å². The molecule has 0 aromatic carbocycles. The topological polar surface area (TPSA) is 46.3 Å². The Morgan fingerprint density at radius 2 is 2.45 bits per heavy atom. The maximum absolute atomic E-state index is 11.0. The van der Waals surface area contributed by atoms with Crippen molar-refractivity contribution in [2.45, 2.75) is 19.3 Å². The highest BCUT2D eigenvalue weighted by molar-refractivity contribution is 5.76. The Hall–Kier alpha value is -0.570. The third-order valence-electron chi connectivity index (χ3n) is 2.30. The molecule has 0 aliphatic carbocycles. The van der Waals surface area contributed by atoms with Crippen molar-refractivity contribution in [2.24, 2.45) is 11.7 Å². The van der Waals surface area contributed by atoms with Crippen LogP contribution in [0, 0.1) is 5.92 Å². The summed E-state index contributed by atoms with van der Waals surface area (Å²) in [7, 11) is 1.87. The van der Waals surface area contributed by atoms with Gasteiger partial charge < -0.3 is 10.6 Å². The fourth-order valence-electron chi connectivity index (χ4n) is 1.57. The molecule has 1 saturated heterocycles. The summed E-state index contributed by atoms with van der Waals surface area (Å²) >= 11 is 0. The summed E-state index contributed by atoms with van der Waals surface area (Å²) in [6.07, 6.45) is 2.79. The van der Waals surface area contributed by atoms with E-state index in [1.54, 1.807) is 0 Å². The molecule has 0 aromatic heterocycles. The Morgan fingerprint density at radius 1 is 1.73 bits per heavy atom. The molecule has 1 aliphatic rings. The Balaban J connectivity index is 2.33. The van der Waals surface area contributed by atoms with E-state index in [2.05, 4.69) is 0 Å². The molecule has 11 heavy (non-hydrogen) atoms. The summed E-state index contributed by atoms with van der Waals surface area (Å²) in [5.74, 6) is 0.918. The van der Waals surface area contributed by atoms with E-state index in [1.165, 1.54) is 0 Å². The van der Waals surface area contributed by atoms with Crippen LogP contribution in [0.5, 0.6) is 0 Å². The predicted octanol–water partition coefficient (Wildman–Crippen LogP) is 0.204.